The van der Waals surface area contributed by atoms with E-state index in [1.165, 1.54) is 30.5 Å². The van der Waals surface area contributed by atoms with Gasteiger partial charge in [0.1, 0.15) is 11.6 Å². The van der Waals surface area contributed by atoms with Crippen LogP contribution in [0, 0.1) is 11.3 Å². The van der Waals surface area contributed by atoms with Crippen LogP contribution in [0.15, 0.2) is 40.9 Å². The Kier molecular flexibility index (Phi) is 6.85. The van der Waals surface area contributed by atoms with Gasteiger partial charge in [-0.25, -0.2) is 13.6 Å². The molecular formula is C13H15ClN4O3S. The molecule has 22 heavy (non-hydrogen) atoms. The maximum atomic E-state index is 11.7. The van der Waals surface area contributed by atoms with Crippen LogP contribution in [-0.4, -0.2) is 26.7 Å². The van der Waals surface area contributed by atoms with Crippen LogP contribution in [0.5, 0.6) is 0 Å². The Hall–Kier alpha value is -2.08. The number of sulfonamides is 1. The minimum atomic E-state index is -3.75. The number of halogens is 1. The molecule has 1 aromatic rings. The highest BCUT2D eigenvalue weighted by molar-refractivity contribution is 7.89. The minimum absolute atomic E-state index is 0.0265. The smallest absolute Gasteiger partial charge is 0.263 e. The molecule has 0 aliphatic heterocycles. The monoisotopic (exact) mass is 342 g/mol. The van der Waals surface area contributed by atoms with E-state index >= 15 is 0 Å². The summed E-state index contributed by atoms with van der Waals surface area (Å²) < 4.78 is 22.2. The summed E-state index contributed by atoms with van der Waals surface area (Å²) in [6, 6.07) is 7.35. The van der Waals surface area contributed by atoms with E-state index in [2.05, 4.69) is 10.6 Å². The molecule has 9 heteroatoms. The summed E-state index contributed by atoms with van der Waals surface area (Å²) in [5.41, 5.74) is 0.402. The molecule has 118 valence electrons. The van der Waals surface area contributed by atoms with Gasteiger partial charge in [-0.1, -0.05) is 0 Å². The van der Waals surface area contributed by atoms with Gasteiger partial charge in [0.15, 0.2) is 0 Å². The summed E-state index contributed by atoms with van der Waals surface area (Å²) in [6.45, 7) is 0.379. The Morgan fingerprint density at radius 2 is 2.00 bits per heavy atom. The highest BCUT2D eigenvalue weighted by Gasteiger charge is 2.08. The third kappa shape index (κ3) is 5.73. The maximum absolute atomic E-state index is 11.7. The van der Waals surface area contributed by atoms with Gasteiger partial charge in [0.2, 0.25) is 10.0 Å². The Balaban J connectivity index is 2.72. The van der Waals surface area contributed by atoms with Crippen molar-refractivity contribution < 1.29 is 13.2 Å². The van der Waals surface area contributed by atoms with Gasteiger partial charge in [-0.15, -0.1) is 11.6 Å². The number of hydrogen-bond donors (Lipinski definition) is 3. The van der Waals surface area contributed by atoms with Gasteiger partial charge in [0, 0.05) is 24.3 Å². The standard InChI is InChI=1S/C13H15ClN4O3S/c14-6-1-7-17-13(19)10(8-15)9-18-11-2-4-12(5-3-11)22(16,20)21/h2-5,9,18H,1,6-7H2,(H,17,19)(H2,16,20,21)/b10-9-. The SMILES string of the molecule is N#C/C(=C/Nc1ccc(S(N)(=O)=O)cc1)C(=O)NCCCCl. The van der Waals surface area contributed by atoms with Crippen LogP contribution in [0.25, 0.3) is 0 Å². The summed E-state index contributed by atoms with van der Waals surface area (Å²) in [5, 5.41) is 19.2. The maximum Gasteiger partial charge on any atom is 0.263 e. The van der Waals surface area contributed by atoms with Gasteiger partial charge in [0.05, 0.1) is 4.90 Å². The van der Waals surface area contributed by atoms with E-state index in [-0.39, 0.29) is 10.5 Å². The molecule has 0 heterocycles. The molecule has 1 aromatic carbocycles. The van der Waals surface area contributed by atoms with Gasteiger partial charge >= 0.3 is 0 Å². The number of rotatable bonds is 7. The number of nitrogens with zero attached hydrogens (tertiary/aromatic N) is 1. The first kappa shape index (κ1) is 18.0. The Morgan fingerprint density at radius 3 is 2.50 bits per heavy atom. The highest BCUT2D eigenvalue weighted by atomic mass is 35.5. The molecule has 0 fully saturated rings. The number of hydrogen-bond acceptors (Lipinski definition) is 5. The number of amides is 1. The molecule has 0 aliphatic carbocycles. The minimum Gasteiger partial charge on any atom is -0.360 e. The summed E-state index contributed by atoms with van der Waals surface area (Å²) in [5.74, 6) is -0.0955. The largest absolute Gasteiger partial charge is 0.360 e. The van der Waals surface area contributed by atoms with Crippen molar-refractivity contribution in [1.82, 2.24) is 5.32 Å². The predicted molar refractivity (Wildman–Crippen MR) is 83.5 cm³/mol. The average Bonchev–Trinajstić information content (AvgIpc) is 2.47. The molecule has 1 rings (SSSR count). The zero-order valence-electron chi connectivity index (χ0n) is 11.5. The van der Waals surface area contributed by atoms with Crippen LogP contribution in [0.3, 0.4) is 0 Å². The van der Waals surface area contributed by atoms with Crippen molar-refractivity contribution >= 4 is 33.2 Å². The molecule has 1 amide bonds. The van der Waals surface area contributed by atoms with Crippen molar-refractivity contribution in [2.75, 3.05) is 17.7 Å². The van der Waals surface area contributed by atoms with Crippen LogP contribution in [0.4, 0.5) is 5.69 Å². The van der Waals surface area contributed by atoms with Gasteiger partial charge < -0.3 is 10.6 Å². The molecule has 7 nitrogen and oxygen atoms in total. The lowest BCUT2D eigenvalue weighted by atomic mass is 10.2. The van der Waals surface area contributed by atoms with Crippen LogP contribution in [0.2, 0.25) is 0 Å². The zero-order valence-corrected chi connectivity index (χ0v) is 13.1. The topological polar surface area (TPSA) is 125 Å². The van der Waals surface area contributed by atoms with E-state index in [4.69, 9.17) is 22.0 Å². The Bertz CT molecular complexity index is 693. The van der Waals surface area contributed by atoms with Crippen LogP contribution in [0.1, 0.15) is 6.42 Å². The Morgan fingerprint density at radius 1 is 1.36 bits per heavy atom. The quantitative estimate of drug-likeness (QED) is 0.294. The van der Waals surface area contributed by atoms with E-state index in [9.17, 15) is 13.2 Å². The second kappa shape index (κ2) is 8.38. The first-order valence-electron chi connectivity index (χ1n) is 6.22. The first-order chi connectivity index (χ1) is 10.4. The number of carbonyl (C=O) groups excluding carboxylic acids is 1. The molecule has 0 aliphatic rings. The van der Waals surface area contributed by atoms with Gasteiger partial charge in [-0.2, -0.15) is 5.26 Å². The number of nitrogens with one attached hydrogen (secondary N) is 2. The van der Waals surface area contributed by atoms with E-state index in [1.807, 2.05) is 0 Å². The third-order valence-electron chi connectivity index (χ3n) is 2.53. The van der Waals surface area contributed by atoms with Crippen molar-refractivity contribution in [2.45, 2.75) is 11.3 Å². The second-order valence-electron chi connectivity index (χ2n) is 4.18. The molecule has 0 bridgehead atoms. The van der Waals surface area contributed by atoms with E-state index in [1.54, 1.807) is 6.07 Å². The van der Waals surface area contributed by atoms with Crippen LogP contribution in [-0.2, 0) is 14.8 Å². The number of anilines is 1. The molecule has 0 saturated carbocycles. The van der Waals surface area contributed by atoms with Gasteiger partial charge in [0.25, 0.3) is 5.91 Å². The van der Waals surface area contributed by atoms with Crippen LogP contribution < -0.4 is 15.8 Å². The summed E-state index contributed by atoms with van der Waals surface area (Å²) >= 11 is 5.49. The number of carbonyl (C=O) groups is 1. The molecule has 0 atom stereocenters. The average molecular weight is 343 g/mol. The number of nitriles is 1. The van der Waals surface area contributed by atoms with Crippen molar-refractivity contribution in [1.29, 1.82) is 5.26 Å². The number of primary sulfonamides is 1. The number of nitrogens with two attached hydrogens (primary N) is 1. The van der Waals surface area contributed by atoms with Crippen LogP contribution >= 0.6 is 11.6 Å². The molecular weight excluding hydrogens is 328 g/mol. The van der Waals surface area contributed by atoms with Crippen molar-refractivity contribution in [3.8, 4) is 6.07 Å². The molecule has 0 spiro atoms. The summed E-state index contributed by atoms with van der Waals surface area (Å²) in [4.78, 5) is 11.6. The highest BCUT2D eigenvalue weighted by Crippen LogP contribution is 2.13. The van der Waals surface area contributed by atoms with E-state index in [0.717, 1.165) is 0 Å². The molecule has 0 unspecified atom stereocenters. The predicted octanol–water partition coefficient (Wildman–Crippen LogP) is 0.898. The fourth-order valence-electron chi connectivity index (χ4n) is 1.41. The fourth-order valence-corrected chi connectivity index (χ4v) is 2.06. The van der Waals surface area contributed by atoms with E-state index in [0.29, 0.717) is 24.5 Å². The summed E-state index contributed by atoms with van der Waals surface area (Å²) in [7, 11) is -3.75. The fraction of sp³-hybridized carbons (Fsp3) is 0.231. The van der Waals surface area contributed by atoms with Gasteiger partial charge in [-0.3, -0.25) is 4.79 Å². The summed E-state index contributed by atoms with van der Waals surface area (Å²) in [6.07, 6.45) is 1.84. The number of benzene rings is 1. The second-order valence-corrected chi connectivity index (χ2v) is 6.12. The first-order valence-corrected chi connectivity index (χ1v) is 8.30. The van der Waals surface area contributed by atoms with Crippen molar-refractivity contribution in [3.05, 3.63) is 36.0 Å². The normalized spacial score (nSPS) is 11.6. The molecule has 0 saturated heterocycles. The van der Waals surface area contributed by atoms with E-state index < -0.39 is 15.9 Å². The zero-order chi connectivity index (χ0) is 16.6. The number of alkyl halides is 1. The lowest BCUT2D eigenvalue weighted by molar-refractivity contribution is -0.117. The lowest BCUT2D eigenvalue weighted by Crippen LogP contribution is -2.26. The lowest BCUT2D eigenvalue weighted by Gasteiger charge is -2.05. The van der Waals surface area contributed by atoms with Crippen molar-refractivity contribution in [2.24, 2.45) is 5.14 Å². The third-order valence-corrected chi connectivity index (χ3v) is 3.72. The Labute approximate surface area is 133 Å². The molecule has 0 aromatic heterocycles. The van der Waals surface area contributed by atoms with Gasteiger partial charge in [-0.05, 0) is 30.7 Å². The molecule has 4 N–H and O–H groups in total. The molecule has 0 radical (unpaired) electrons. The van der Waals surface area contributed by atoms with Crippen molar-refractivity contribution in [3.63, 3.8) is 0 Å².